The summed E-state index contributed by atoms with van der Waals surface area (Å²) in [6.07, 6.45) is 0. The third-order valence-corrected chi connectivity index (χ3v) is 3.65. The van der Waals surface area contributed by atoms with Crippen LogP contribution in [-0.2, 0) is 10.0 Å². The van der Waals surface area contributed by atoms with Gasteiger partial charge in [0.1, 0.15) is 0 Å². The maximum atomic E-state index is 13.1. The lowest BCUT2D eigenvalue weighted by Gasteiger charge is -2.08. The first-order valence-corrected chi connectivity index (χ1v) is 6.54. The van der Waals surface area contributed by atoms with Crippen LogP contribution in [-0.4, -0.2) is 13.5 Å². The van der Waals surface area contributed by atoms with E-state index in [-0.39, 0.29) is 10.6 Å². The number of anilines is 1. The molecule has 18 heavy (non-hydrogen) atoms. The van der Waals surface area contributed by atoms with Gasteiger partial charge in [-0.25, -0.2) is 12.8 Å². The SMILES string of the molecule is O=S(=O)(Nc1ccc(O)c(F)c1)c1ccccc1. The largest absolute Gasteiger partial charge is 0.505 e. The third kappa shape index (κ3) is 2.60. The Morgan fingerprint density at radius 1 is 1.06 bits per heavy atom. The van der Waals surface area contributed by atoms with Gasteiger partial charge in [0.25, 0.3) is 10.0 Å². The van der Waals surface area contributed by atoms with E-state index >= 15 is 0 Å². The van der Waals surface area contributed by atoms with Crippen molar-refractivity contribution in [2.75, 3.05) is 4.72 Å². The van der Waals surface area contributed by atoms with E-state index in [1.165, 1.54) is 18.2 Å². The third-order valence-electron chi connectivity index (χ3n) is 2.25. The molecule has 0 saturated heterocycles. The van der Waals surface area contributed by atoms with Crippen molar-refractivity contribution in [3.8, 4) is 5.75 Å². The number of phenolic OH excluding ortho intramolecular Hbond substituents is 1. The van der Waals surface area contributed by atoms with Crippen LogP contribution in [0.5, 0.6) is 5.75 Å². The van der Waals surface area contributed by atoms with Crippen LogP contribution in [0.3, 0.4) is 0 Å². The fraction of sp³-hybridized carbons (Fsp3) is 0. The van der Waals surface area contributed by atoms with Crippen molar-refractivity contribution in [2.45, 2.75) is 4.90 Å². The van der Waals surface area contributed by atoms with Gasteiger partial charge in [0.15, 0.2) is 11.6 Å². The summed E-state index contributed by atoms with van der Waals surface area (Å²) < 4.78 is 39.1. The van der Waals surface area contributed by atoms with E-state index in [1.54, 1.807) is 18.2 Å². The van der Waals surface area contributed by atoms with E-state index in [9.17, 15) is 12.8 Å². The fourth-order valence-electron chi connectivity index (χ4n) is 1.38. The Labute approximate surface area is 104 Å². The van der Waals surface area contributed by atoms with E-state index in [0.717, 1.165) is 12.1 Å². The number of phenols is 1. The molecule has 0 amide bonds. The lowest BCUT2D eigenvalue weighted by molar-refractivity contribution is 0.432. The summed E-state index contributed by atoms with van der Waals surface area (Å²) in [5.41, 5.74) is 0.0501. The average molecular weight is 267 g/mol. The molecule has 2 aromatic rings. The van der Waals surface area contributed by atoms with Crippen LogP contribution in [0.15, 0.2) is 53.4 Å². The summed E-state index contributed by atoms with van der Waals surface area (Å²) in [7, 11) is -3.74. The smallest absolute Gasteiger partial charge is 0.261 e. The van der Waals surface area contributed by atoms with Crippen molar-refractivity contribution in [2.24, 2.45) is 0 Å². The number of nitrogens with one attached hydrogen (secondary N) is 1. The van der Waals surface area contributed by atoms with Gasteiger partial charge in [0.05, 0.1) is 10.6 Å². The van der Waals surface area contributed by atoms with Crippen molar-refractivity contribution in [3.05, 3.63) is 54.3 Å². The predicted octanol–water partition coefficient (Wildman–Crippen LogP) is 2.33. The van der Waals surface area contributed by atoms with Gasteiger partial charge in [0.2, 0.25) is 0 Å². The van der Waals surface area contributed by atoms with Gasteiger partial charge in [-0.3, -0.25) is 4.72 Å². The molecular weight excluding hydrogens is 257 g/mol. The van der Waals surface area contributed by atoms with Gasteiger partial charge < -0.3 is 5.11 Å². The zero-order valence-corrected chi connectivity index (χ0v) is 9.99. The van der Waals surface area contributed by atoms with E-state index in [0.29, 0.717) is 0 Å². The summed E-state index contributed by atoms with van der Waals surface area (Å²) in [5.74, 6) is -1.42. The highest BCUT2D eigenvalue weighted by Crippen LogP contribution is 2.21. The molecule has 0 aliphatic heterocycles. The molecule has 2 rings (SSSR count). The summed E-state index contributed by atoms with van der Waals surface area (Å²) in [5, 5.41) is 9.01. The van der Waals surface area contributed by atoms with Crippen molar-refractivity contribution in [1.29, 1.82) is 0 Å². The standard InChI is InChI=1S/C12H10FNO3S/c13-11-8-9(6-7-12(11)15)14-18(16,17)10-4-2-1-3-5-10/h1-8,14-15H. The molecular formula is C12H10FNO3S. The van der Waals surface area contributed by atoms with Crippen LogP contribution >= 0.6 is 0 Å². The molecule has 0 atom stereocenters. The monoisotopic (exact) mass is 267 g/mol. The number of benzene rings is 2. The molecule has 94 valence electrons. The maximum Gasteiger partial charge on any atom is 0.261 e. The molecule has 0 aromatic heterocycles. The second-order valence-corrected chi connectivity index (χ2v) is 5.27. The molecule has 0 radical (unpaired) electrons. The zero-order valence-electron chi connectivity index (χ0n) is 9.17. The lowest BCUT2D eigenvalue weighted by atomic mass is 10.3. The molecule has 0 spiro atoms. The molecule has 4 nitrogen and oxygen atoms in total. The first kappa shape index (κ1) is 12.4. The highest BCUT2D eigenvalue weighted by atomic mass is 32.2. The van der Waals surface area contributed by atoms with Crippen molar-refractivity contribution in [1.82, 2.24) is 0 Å². The summed E-state index contributed by atoms with van der Waals surface area (Å²) in [6, 6.07) is 11.0. The number of rotatable bonds is 3. The average Bonchev–Trinajstić information content (AvgIpc) is 2.35. The minimum absolute atomic E-state index is 0.0501. The molecule has 0 saturated carbocycles. The van der Waals surface area contributed by atoms with Gasteiger partial charge in [-0.15, -0.1) is 0 Å². The highest BCUT2D eigenvalue weighted by Gasteiger charge is 2.14. The Morgan fingerprint density at radius 3 is 2.33 bits per heavy atom. The van der Waals surface area contributed by atoms with E-state index in [1.807, 2.05) is 0 Å². The minimum Gasteiger partial charge on any atom is -0.505 e. The van der Waals surface area contributed by atoms with Crippen LogP contribution in [0.4, 0.5) is 10.1 Å². The minimum atomic E-state index is -3.74. The van der Waals surface area contributed by atoms with Crippen LogP contribution in [0, 0.1) is 5.82 Å². The van der Waals surface area contributed by atoms with Crippen LogP contribution in [0.1, 0.15) is 0 Å². The highest BCUT2D eigenvalue weighted by molar-refractivity contribution is 7.92. The molecule has 0 unspecified atom stereocenters. The topological polar surface area (TPSA) is 66.4 Å². The van der Waals surface area contributed by atoms with E-state index < -0.39 is 21.6 Å². The van der Waals surface area contributed by atoms with E-state index in [4.69, 9.17) is 5.11 Å². The Balaban J connectivity index is 2.31. The van der Waals surface area contributed by atoms with Gasteiger partial charge in [0, 0.05) is 6.07 Å². The van der Waals surface area contributed by atoms with Crippen LogP contribution < -0.4 is 4.72 Å². The molecule has 0 bridgehead atoms. The summed E-state index contributed by atoms with van der Waals surface area (Å²) >= 11 is 0. The number of aromatic hydroxyl groups is 1. The van der Waals surface area contributed by atoms with Crippen molar-refractivity contribution in [3.63, 3.8) is 0 Å². The molecule has 2 N–H and O–H groups in total. The second kappa shape index (κ2) is 4.66. The van der Waals surface area contributed by atoms with Gasteiger partial charge in [-0.05, 0) is 24.3 Å². The number of halogens is 1. The molecule has 2 aromatic carbocycles. The number of hydrogen-bond donors (Lipinski definition) is 2. The van der Waals surface area contributed by atoms with Crippen LogP contribution in [0.2, 0.25) is 0 Å². The molecule has 6 heteroatoms. The molecule has 0 aliphatic rings. The number of sulfonamides is 1. The van der Waals surface area contributed by atoms with Crippen molar-refractivity contribution < 1.29 is 17.9 Å². The van der Waals surface area contributed by atoms with E-state index in [2.05, 4.69) is 4.72 Å². The Kier molecular flexibility index (Phi) is 3.20. The van der Waals surface area contributed by atoms with Gasteiger partial charge in [-0.1, -0.05) is 18.2 Å². The quantitative estimate of drug-likeness (QED) is 0.839. The summed E-state index contributed by atoms with van der Waals surface area (Å²) in [6.45, 7) is 0. The molecule has 0 heterocycles. The lowest BCUT2D eigenvalue weighted by Crippen LogP contribution is -2.12. The number of hydrogen-bond acceptors (Lipinski definition) is 3. The van der Waals surface area contributed by atoms with Gasteiger partial charge >= 0.3 is 0 Å². The zero-order chi connectivity index (χ0) is 13.2. The molecule has 0 aliphatic carbocycles. The first-order valence-electron chi connectivity index (χ1n) is 5.05. The second-order valence-electron chi connectivity index (χ2n) is 3.58. The Hall–Kier alpha value is -2.08. The summed E-state index contributed by atoms with van der Waals surface area (Å²) in [4.78, 5) is 0.0819. The van der Waals surface area contributed by atoms with Gasteiger partial charge in [-0.2, -0.15) is 0 Å². The first-order chi connectivity index (χ1) is 8.49. The molecule has 0 fully saturated rings. The van der Waals surface area contributed by atoms with Crippen molar-refractivity contribution >= 4 is 15.7 Å². The fourth-order valence-corrected chi connectivity index (χ4v) is 2.45. The maximum absolute atomic E-state index is 13.1. The predicted molar refractivity (Wildman–Crippen MR) is 65.3 cm³/mol. The Bertz CT molecular complexity index is 656. The Morgan fingerprint density at radius 2 is 1.72 bits per heavy atom. The van der Waals surface area contributed by atoms with Crippen LogP contribution in [0.25, 0.3) is 0 Å². The normalized spacial score (nSPS) is 11.2.